The van der Waals surface area contributed by atoms with Crippen molar-refractivity contribution in [1.82, 2.24) is 10.1 Å². The fourth-order valence-electron chi connectivity index (χ4n) is 6.42. The molecule has 0 bridgehead atoms. The van der Waals surface area contributed by atoms with Crippen LogP contribution < -0.4 is 0 Å². The van der Waals surface area contributed by atoms with Gasteiger partial charge in [-0.25, -0.2) is 0 Å². The minimum absolute atomic E-state index is 0.276. The van der Waals surface area contributed by atoms with Crippen LogP contribution in [0.1, 0.15) is 93.9 Å². The fraction of sp³-hybridized carbons (Fsp3) is 0.923. The highest BCUT2D eigenvalue weighted by molar-refractivity contribution is 5.75. The van der Waals surface area contributed by atoms with Crippen molar-refractivity contribution in [2.75, 3.05) is 13.2 Å². The molecule has 8 heteroatoms. The molecule has 0 N–H and O–H groups in total. The van der Waals surface area contributed by atoms with E-state index in [2.05, 4.69) is 0 Å². The molecule has 0 amide bonds. The average molecular weight is 481 g/mol. The van der Waals surface area contributed by atoms with Crippen LogP contribution in [0.25, 0.3) is 0 Å². The smallest absolute Gasteiger partial charge is 0.310 e. The molecule has 1 saturated carbocycles. The SMILES string of the molecule is CC1(C)CC(C(=O)OCC2CCC(COC(=O)C3CC(C)(C)N([O])C3(C)C)CC2)C(C)(C)N1[O]. The third kappa shape index (κ3) is 5.15. The molecule has 2 saturated heterocycles. The van der Waals surface area contributed by atoms with Crippen LogP contribution in [0.3, 0.4) is 0 Å². The van der Waals surface area contributed by atoms with Crippen LogP contribution >= 0.6 is 0 Å². The summed E-state index contributed by atoms with van der Waals surface area (Å²) in [6, 6.07) is 0. The van der Waals surface area contributed by atoms with Gasteiger partial charge in [0.25, 0.3) is 0 Å². The predicted molar refractivity (Wildman–Crippen MR) is 125 cm³/mol. The third-order valence-corrected chi connectivity index (χ3v) is 8.72. The number of hydroxylamine groups is 4. The zero-order valence-electron chi connectivity index (χ0n) is 22.3. The standard InChI is InChI=1S/C26H44N2O6/c1-23(2)13-19(25(5,6)27(23)31)21(29)33-15-17-9-11-18(12-10-17)16-34-22(30)20-14-24(3,4)28(32)26(20,7)8/h17-20H,9-16H2,1-8H3. The first-order chi connectivity index (χ1) is 15.5. The first-order valence-electron chi connectivity index (χ1n) is 12.8. The first-order valence-corrected chi connectivity index (χ1v) is 12.8. The van der Waals surface area contributed by atoms with Crippen LogP contribution in [-0.4, -0.2) is 57.4 Å². The molecule has 3 aliphatic rings. The van der Waals surface area contributed by atoms with Crippen LogP contribution in [0.5, 0.6) is 0 Å². The van der Waals surface area contributed by atoms with E-state index in [9.17, 15) is 20.0 Å². The monoisotopic (exact) mass is 480 g/mol. The minimum atomic E-state index is -0.770. The van der Waals surface area contributed by atoms with Crippen molar-refractivity contribution in [2.24, 2.45) is 23.7 Å². The Hall–Kier alpha value is -1.22. The molecule has 0 aromatic heterocycles. The van der Waals surface area contributed by atoms with E-state index in [1.807, 2.05) is 55.4 Å². The molecular formula is C26H44N2O6. The molecule has 194 valence electrons. The summed E-state index contributed by atoms with van der Waals surface area (Å²) < 4.78 is 11.3. The number of nitrogens with zero attached hydrogens (tertiary/aromatic N) is 2. The number of esters is 2. The molecule has 2 atom stereocenters. The molecule has 2 aliphatic heterocycles. The topological polar surface area (TPSA) is 98.9 Å². The second-order valence-electron chi connectivity index (χ2n) is 13.2. The summed E-state index contributed by atoms with van der Waals surface area (Å²) in [5, 5.41) is 27.2. The van der Waals surface area contributed by atoms with E-state index >= 15 is 0 Å². The van der Waals surface area contributed by atoms with E-state index in [0.717, 1.165) is 35.8 Å². The summed E-state index contributed by atoms with van der Waals surface area (Å²) in [5.74, 6) is -0.819. The van der Waals surface area contributed by atoms with Crippen molar-refractivity contribution in [3.63, 3.8) is 0 Å². The summed E-state index contributed by atoms with van der Waals surface area (Å²) in [6.45, 7) is 15.5. The molecule has 1 aliphatic carbocycles. The predicted octanol–water partition coefficient (Wildman–Crippen LogP) is 4.33. The third-order valence-electron chi connectivity index (χ3n) is 8.72. The molecule has 3 fully saturated rings. The van der Waals surface area contributed by atoms with Crippen molar-refractivity contribution >= 4 is 11.9 Å². The van der Waals surface area contributed by atoms with Crippen LogP contribution in [0.15, 0.2) is 0 Å². The van der Waals surface area contributed by atoms with Crippen molar-refractivity contribution in [3.05, 3.63) is 0 Å². The molecule has 0 aromatic rings. The number of ether oxygens (including phenoxy) is 2. The minimum Gasteiger partial charge on any atom is -0.465 e. The molecule has 0 spiro atoms. The Morgan fingerprint density at radius 3 is 1.18 bits per heavy atom. The van der Waals surface area contributed by atoms with Gasteiger partial charge in [0.05, 0.1) is 36.1 Å². The number of rotatable bonds is 6. The molecule has 3 rings (SSSR count). The maximum atomic E-state index is 12.8. The molecule has 2 unspecified atom stereocenters. The van der Waals surface area contributed by atoms with Gasteiger partial charge in [0.1, 0.15) is 0 Å². The van der Waals surface area contributed by atoms with Crippen LogP contribution in [0.4, 0.5) is 0 Å². The second-order valence-corrected chi connectivity index (χ2v) is 13.2. The van der Waals surface area contributed by atoms with E-state index in [1.165, 1.54) is 0 Å². The van der Waals surface area contributed by atoms with E-state index in [1.54, 1.807) is 0 Å². The number of hydrogen-bond donors (Lipinski definition) is 0. The van der Waals surface area contributed by atoms with Gasteiger partial charge in [0, 0.05) is 11.1 Å². The highest BCUT2D eigenvalue weighted by Crippen LogP contribution is 2.45. The maximum absolute atomic E-state index is 12.8. The van der Waals surface area contributed by atoms with Crippen LogP contribution in [0.2, 0.25) is 0 Å². The highest BCUT2D eigenvalue weighted by atomic mass is 16.5. The molecule has 2 radical (unpaired) electrons. The lowest BCUT2D eigenvalue weighted by atomic mass is 9.82. The van der Waals surface area contributed by atoms with Gasteiger partial charge in [0.15, 0.2) is 0 Å². The highest BCUT2D eigenvalue weighted by Gasteiger charge is 2.57. The van der Waals surface area contributed by atoms with Gasteiger partial charge in [-0.2, -0.15) is 0 Å². The van der Waals surface area contributed by atoms with E-state index < -0.39 is 34.0 Å². The average Bonchev–Trinajstić information content (AvgIpc) is 3.03. The Bertz CT molecular complexity index is 705. The maximum Gasteiger partial charge on any atom is 0.310 e. The van der Waals surface area contributed by atoms with Gasteiger partial charge in [-0.3, -0.25) is 9.59 Å². The van der Waals surface area contributed by atoms with Gasteiger partial charge < -0.3 is 9.47 Å². The van der Waals surface area contributed by atoms with Gasteiger partial charge in [-0.1, -0.05) is 0 Å². The molecule has 34 heavy (non-hydrogen) atoms. The molecule has 2 heterocycles. The molecule has 8 nitrogen and oxygen atoms in total. The summed E-state index contributed by atoms with van der Waals surface area (Å²) in [5.41, 5.74) is -2.68. The Balaban J connectivity index is 1.41. The Morgan fingerprint density at radius 2 is 0.941 bits per heavy atom. The van der Waals surface area contributed by atoms with Gasteiger partial charge >= 0.3 is 11.9 Å². The summed E-state index contributed by atoms with van der Waals surface area (Å²) in [6.07, 6.45) is 4.66. The number of hydrogen-bond acceptors (Lipinski definition) is 6. The lowest BCUT2D eigenvalue weighted by Crippen LogP contribution is -2.47. The fourth-order valence-corrected chi connectivity index (χ4v) is 6.42. The Labute approximate surface area is 204 Å². The quantitative estimate of drug-likeness (QED) is 0.525. The van der Waals surface area contributed by atoms with E-state index in [0.29, 0.717) is 37.9 Å². The summed E-state index contributed by atoms with van der Waals surface area (Å²) in [4.78, 5) is 25.5. The summed E-state index contributed by atoms with van der Waals surface area (Å²) >= 11 is 0. The lowest BCUT2D eigenvalue weighted by Gasteiger charge is -2.33. The zero-order chi connectivity index (χ0) is 25.7. The van der Waals surface area contributed by atoms with Gasteiger partial charge in [-0.05, 0) is 106 Å². The number of carbonyl (C=O) groups excluding carboxylic acids is 2. The second kappa shape index (κ2) is 9.34. The van der Waals surface area contributed by atoms with Crippen LogP contribution in [-0.2, 0) is 29.5 Å². The van der Waals surface area contributed by atoms with Crippen molar-refractivity contribution in [3.8, 4) is 0 Å². The van der Waals surface area contributed by atoms with Gasteiger partial charge in [0.2, 0.25) is 0 Å². The Morgan fingerprint density at radius 1 is 0.647 bits per heavy atom. The largest absolute Gasteiger partial charge is 0.465 e. The van der Waals surface area contributed by atoms with Gasteiger partial charge in [-0.15, -0.1) is 20.5 Å². The van der Waals surface area contributed by atoms with Crippen molar-refractivity contribution in [1.29, 1.82) is 0 Å². The molecular weight excluding hydrogens is 436 g/mol. The molecule has 0 aromatic carbocycles. The normalized spacial score (nSPS) is 34.6. The van der Waals surface area contributed by atoms with Crippen molar-refractivity contribution in [2.45, 2.75) is 116 Å². The van der Waals surface area contributed by atoms with Crippen LogP contribution in [0, 0.1) is 23.7 Å². The lowest BCUT2D eigenvalue weighted by molar-refractivity contribution is -0.249. The first kappa shape index (κ1) is 27.4. The zero-order valence-corrected chi connectivity index (χ0v) is 22.3. The number of carbonyl (C=O) groups is 2. The van der Waals surface area contributed by atoms with E-state index in [4.69, 9.17) is 9.47 Å². The van der Waals surface area contributed by atoms with E-state index in [-0.39, 0.29) is 11.9 Å². The Kier molecular flexibility index (Phi) is 7.52. The van der Waals surface area contributed by atoms with Crippen molar-refractivity contribution < 1.29 is 29.5 Å². The summed E-state index contributed by atoms with van der Waals surface area (Å²) in [7, 11) is 0.